The van der Waals surface area contributed by atoms with Gasteiger partial charge in [-0.05, 0) is 50.7 Å². The first-order valence-electron chi connectivity index (χ1n) is 9.22. The number of hydrogen-bond donors (Lipinski definition) is 0. The Morgan fingerprint density at radius 3 is 2.93 bits per heavy atom. The van der Waals surface area contributed by atoms with Crippen LogP contribution in [0.3, 0.4) is 0 Å². The fourth-order valence-electron chi connectivity index (χ4n) is 3.37. The van der Waals surface area contributed by atoms with Gasteiger partial charge in [0, 0.05) is 31.0 Å². The molecule has 1 aliphatic heterocycles. The van der Waals surface area contributed by atoms with Crippen LogP contribution in [0.5, 0.6) is 0 Å². The first kappa shape index (κ1) is 19.4. The molecule has 0 spiro atoms. The van der Waals surface area contributed by atoms with E-state index in [-0.39, 0.29) is 11.9 Å². The third kappa shape index (κ3) is 4.51. The summed E-state index contributed by atoms with van der Waals surface area (Å²) in [5, 5.41) is 4.74. The van der Waals surface area contributed by atoms with Crippen LogP contribution in [-0.4, -0.2) is 49.9 Å². The van der Waals surface area contributed by atoms with Gasteiger partial charge in [-0.15, -0.1) is 6.58 Å². The van der Waals surface area contributed by atoms with Crippen LogP contribution in [0.2, 0.25) is 0 Å². The predicted molar refractivity (Wildman–Crippen MR) is 105 cm³/mol. The van der Waals surface area contributed by atoms with Crippen molar-refractivity contribution in [3.8, 4) is 11.4 Å². The molecule has 2 aromatic heterocycles. The number of hydrogen-bond acceptors (Lipinski definition) is 6. The van der Waals surface area contributed by atoms with Gasteiger partial charge in [0.25, 0.3) is 0 Å². The van der Waals surface area contributed by atoms with Crippen LogP contribution in [0.25, 0.3) is 11.4 Å². The highest BCUT2D eigenvalue weighted by atomic mass is 32.1. The normalized spacial score (nSPS) is 17.6. The molecule has 0 amide bonds. The molecular weight excluding hydrogens is 362 g/mol. The lowest BCUT2D eigenvalue weighted by molar-refractivity contribution is -0.150. The minimum Gasteiger partial charge on any atom is -0.466 e. The zero-order valence-electron chi connectivity index (χ0n) is 15.6. The lowest BCUT2D eigenvalue weighted by Crippen LogP contribution is -2.40. The van der Waals surface area contributed by atoms with Crippen molar-refractivity contribution in [3.05, 3.63) is 42.0 Å². The number of ether oxygens (including phenoxy) is 1. The van der Waals surface area contributed by atoms with Crippen LogP contribution < -0.4 is 0 Å². The summed E-state index contributed by atoms with van der Waals surface area (Å²) in [6, 6.07) is 3.83. The lowest BCUT2D eigenvalue weighted by Gasteiger charge is -2.31. The standard InChI is InChI=1S/C19H25N5O2S/c1-3-11-23-17(15-7-9-20-10-8-15)21-24(19(23)27)14-22-12-5-6-16(13-22)18(25)26-4-2/h3,7-10,16H,1,4-6,11-14H2,2H3/t16-/m1/s1. The van der Waals surface area contributed by atoms with E-state index in [1.54, 1.807) is 12.4 Å². The van der Waals surface area contributed by atoms with Gasteiger partial charge in [0.1, 0.15) is 0 Å². The van der Waals surface area contributed by atoms with Gasteiger partial charge in [0.05, 0.1) is 19.2 Å². The summed E-state index contributed by atoms with van der Waals surface area (Å²) in [5.41, 5.74) is 0.958. The van der Waals surface area contributed by atoms with Gasteiger partial charge in [-0.1, -0.05) is 6.08 Å². The summed E-state index contributed by atoms with van der Waals surface area (Å²) < 4.78 is 9.61. The second-order valence-corrected chi connectivity index (χ2v) is 6.92. The number of carbonyl (C=O) groups is 1. The molecule has 3 rings (SSSR count). The van der Waals surface area contributed by atoms with Gasteiger partial charge in [0.2, 0.25) is 0 Å². The highest BCUT2D eigenvalue weighted by molar-refractivity contribution is 7.71. The monoisotopic (exact) mass is 387 g/mol. The third-order valence-corrected chi connectivity index (χ3v) is 5.06. The maximum Gasteiger partial charge on any atom is 0.310 e. The molecule has 1 atom stereocenters. The summed E-state index contributed by atoms with van der Waals surface area (Å²) in [7, 11) is 0. The van der Waals surface area contributed by atoms with Crippen molar-refractivity contribution in [2.24, 2.45) is 5.92 Å². The summed E-state index contributed by atoms with van der Waals surface area (Å²) in [4.78, 5) is 18.4. The minimum absolute atomic E-state index is 0.0807. The molecule has 0 saturated carbocycles. The molecule has 27 heavy (non-hydrogen) atoms. The molecule has 8 heteroatoms. The van der Waals surface area contributed by atoms with E-state index in [1.165, 1.54) is 0 Å². The van der Waals surface area contributed by atoms with Crippen LogP contribution >= 0.6 is 12.2 Å². The Bertz CT molecular complexity index is 846. The van der Waals surface area contributed by atoms with Crippen LogP contribution in [0, 0.1) is 10.7 Å². The van der Waals surface area contributed by atoms with Gasteiger partial charge >= 0.3 is 5.97 Å². The first-order valence-corrected chi connectivity index (χ1v) is 9.62. The molecule has 144 valence electrons. The largest absolute Gasteiger partial charge is 0.466 e. The number of allylic oxidation sites excluding steroid dienone is 1. The molecule has 0 aliphatic carbocycles. The molecule has 0 radical (unpaired) electrons. The minimum atomic E-state index is -0.111. The van der Waals surface area contributed by atoms with Crippen molar-refractivity contribution in [2.75, 3.05) is 19.7 Å². The zero-order valence-corrected chi connectivity index (χ0v) is 16.4. The second-order valence-electron chi connectivity index (χ2n) is 6.55. The van der Waals surface area contributed by atoms with Crippen LogP contribution in [0.15, 0.2) is 37.2 Å². The van der Waals surface area contributed by atoms with E-state index in [1.807, 2.05) is 34.4 Å². The third-order valence-electron chi connectivity index (χ3n) is 4.63. The Hall–Kier alpha value is -2.32. The Labute approximate surface area is 164 Å². The molecule has 7 nitrogen and oxygen atoms in total. The van der Waals surface area contributed by atoms with Crippen LogP contribution in [-0.2, 0) is 22.7 Å². The first-order chi connectivity index (χ1) is 13.1. The summed E-state index contributed by atoms with van der Waals surface area (Å²) in [6.07, 6.45) is 7.12. The Balaban J connectivity index is 1.82. The fourth-order valence-corrected chi connectivity index (χ4v) is 3.63. The average molecular weight is 388 g/mol. The number of esters is 1. The number of nitrogens with zero attached hydrogens (tertiary/aromatic N) is 5. The van der Waals surface area contributed by atoms with E-state index in [9.17, 15) is 4.79 Å². The van der Waals surface area contributed by atoms with Gasteiger partial charge in [-0.25, -0.2) is 4.68 Å². The number of piperidine rings is 1. The summed E-state index contributed by atoms with van der Waals surface area (Å²) in [6.45, 7) is 8.80. The predicted octanol–water partition coefficient (Wildman–Crippen LogP) is 2.89. The molecule has 1 saturated heterocycles. The number of aromatic nitrogens is 4. The van der Waals surface area contributed by atoms with Crippen molar-refractivity contribution in [3.63, 3.8) is 0 Å². The highest BCUT2D eigenvalue weighted by Gasteiger charge is 2.27. The Morgan fingerprint density at radius 2 is 2.22 bits per heavy atom. The lowest BCUT2D eigenvalue weighted by atomic mass is 9.99. The number of pyridine rings is 1. The highest BCUT2D eigenvalue weighted by Crippen LogP contribution is 2.21. The van der Waals surface area contributed by atoms with Gasteiger partial charge < -0.3 is 4.74 Å². The number of rotatable bonds is 7. The molecular formula is C19H25N5O2S. The van der Waals surface area contributed by atoms with Gasteiger partial charge in [-0.3, -0.25) is 19.2 Å². The molecule has 2 aromatic rings. The van der Waals surface area contributed by atoms with Crippen molar-refractivity contribution in [1.82, 2.24) is 24.2 Å². The molecule has 0 N–H and O–H groups in total. The summed E-state index contributed by atoms with van der Waals surface area (Å²) >= 11 is 5.65. The van der Waals surface area contributed by atoms with Gasteiger partial charge in [-0.2, -0.15) is 5.10 Å². The van der Waals surface area contributed by atoms with Crippen LogP contribution in [0.4, 0.5) is 0 Å². The van der Waals surface area contributed by atoms with Crippen molar-refractivity contribution < 1.29 is 9.53 Å². The molecule has 1 fully saturated rings. The molecule has 0 aromatic carbocycles. The average Bonchev–Trinajstić information content (AvgIpc) is 2.99. The maximum atomic E-state index is 12.1. The van der Waals surface area contributed by atoms with Crippen molar-refractivity contribution in [1.29, 1.82) is 0 Å². The summed E-state index contributed by atoms with van der Waals surface area (Å²) in [5.74, 6) is 0.601. The molecule has 0 bridgehead atoms. The smallest absolute Gasteiger partial charge is 0.310 e. The molecule has 0 unspecified atom stereocenters. The van der Waals surface area contributed by atoms with E-state index in [0.29, 0.717) is 31.1 Å². The van der Waals surface area contributed by atoms with Crippen molar-refractivity contribution in [2.45, 2.75) is 33.0 Å². The maximum absolute atomic E-state index is 12.1. The fraction of sp³-hybridized carbons (Fsp3) is 0.474. The van der Waals surface area contributed by atoms with E-state index in [2.05, 4.69) is 16.5 Å². The number of likely N-dealkylation sites (tertiary alicyclic amines) is 1. The molecule has 3 heterocycles. The van der Waals surface area contributed by atoms with E-state index < -0.39 is 0 Å². The van der Waals surface area contributed by atoms with E-state index in [4.69, 9.17) is 22.1 Å². The number of carbonyl (C=O) groups excluding carboxylic acids is 1. The van der Waals surface area contributed by atoms with Crippen LogP contribution in [0.1, 0.15) is 19.8 Å². The van der Waals surface area contributed by atoms with E-state index >= 15 is 0 Å². The SMILES string of the molecule is C=CCn1c(-c2ccncc2)nn(CN2CCC[C@@H](C(=O)OCC)C2)c1=S. The Kier molecular flexibility index (Phi) is 6.52. The molecule has 1 aliphatic rings. The Morgan fingerprint density at radius 1 is 1.44 bits per heavy atom. The van der Waals surface area contributed by atoms with Gasteiger partial charge in [0.15, 0.2) is 10.6 Å². The van der Waals surface area contributed by atoms with E-state index in [0.717, 1.165) is 30.8 Å². The second kappa shape index (κ2) is 9.05. The van der Waals surface area contributed by atoms with Crippen molar-refractivity contribution >= 4 is 18.2 Å². The quantitative estimate of drug-likeness (QED) is 0.413. The zero-order chi connectivity index (χ0) is 19.2. The topological polar surface area (TPSA) is 65.2 Å².